The summed E-state index contributed by atoms with van der Waals surface area (Å²) in [5, 5.41) is 0. The number of morpholine rings is 1. The molecule has 0 bridgehead atoms. The van der Waals surface area contributed by atoms with E-state index in [9.17, 15) is 13.2 Å². The third-order valence-corrected chi connectivity index (χ3v) is 5.79. The largest absolute Gasteiger partial charge is 0.497 e. The van der Waals surface area contributed by atoms with Crippen LogP contribution >= 0.6 is 0 Å². The Balaban J connectivity index is 1.59. The van der Waals surface area contributed by atoms with Crippen LogP contribution in [0.25, 0.3) is 0 Å². The van der Waals surface area contributed by atoms with Crippen LogP contribution in [0.15, 0.2) is 59.5 Å². The van der Waals surface area contributed by atoms with Gasteiger partial charge < -0.3 is 14.4 Å². The van der Waals surface area contributed by atoms with E-state index in [0.29, 0.717) is 25.4 Å². The molecular weight excluding hydrogens is 368 g/mol. The number of nitrogens with zero attached hydrogens (tertiary/aromatic N) is 1. The van der Waals surface area contributed by atoms with Gasteiger partial charge in [-0.25, -0.2) is 13.1 Å². The third-order valence-electron chi connectivity index (χ3n) is 4.37. The van der Waals surface area contributed by atoms with Crippen molar-refractivity contribution in [3.8, 4) is 5.75 Å². The van der Waals surface area contributed by atoms with Crippen molar-refractivity contribution in [1.82, 2.24) is 9.62 Å². The average molecular weight is 390 g/mol. The number of carbonyl (C=O) groups excluding carboxylic acids is 1. The number of ether oxygens (including phenoxy) is 2. The van der Waals surface area contributed by atoms with Crippen LogP contribution in [0.5, 0.6) is 5.75 Å². The summed E-state index contributed by atoms with van der Waals surface area (Å²) >= 11 is 0. The van der Waals surface area contributed by atoms with Crippen molar-refractivity contribution in [3.63, 3.8) is 0 Å². The summed E-state index contributed by atoms with van der Waals surface area (Å²) in [6.07, 6.45) is -0.206. The van der Waals surface area contributed by atoms with E-state index in [4.69, 9.17) is 9.47 Å². The Morgan fingerprint density at radius 2 is 1.89 bits per heavy atom. The summed E-state index contributed by atoms with van der Waals surface area (Å²) in [6.45, 7) is 0.950. The lowest BCUT2D eigenvalue weighted by Gasteiger charge is -2.33. The minimum absolute atomic E-state index is 0.0836. The zero-order valence-electron chi connectivity index (χ0n) is 15.0. The highest BCUT2D eigenvalue weighted by Gasteiger charge is 2.26. The summed E-state index contributed by atoms with van der Waals surface area (Å²) < 4.78 is 37.8. The van der Waals surface area contributed by atoms with Crippen LogP contribution in [0, 0.1) is 0 Å². The molecule has 2 aromatic rings. The fourth-order valence-corrected chi connectivity index (χ4v) is 3.83. The summed E-state index contributed by atoms with van der Waals surface area (Å²) in [5.41, 5.74) is 0.994. The van der Waals surface area contributed by atoms with E-state index in [1.165, 1.54) is 19.2 Å². The quantitative estimate of drug-likeness (QED) is 0.809. The van der Waals surface area contributed by atoms with Gasteiger partial charge in [0.2, 0.25) is 15.9 Å². The van der Waals surface area contributed by atoms with Gasteiger partial charge in [0.15, 0.2) is 0 Å². The molecule has 1 heterocycles. The molecule has 0 saturated carbocycles. The van der Waals surface area contributed by atoms with Crippen molar-refractivity contribution < 1.29 is 22.7 Å². The topological polar surface area (TPSA) is 84.9 Å². The molecule has 1 atom stereocenters. The molecule has 1 fully saturated rings. The first-order valence-electron chi connectivity index (χ1n) is 8.57. The first-order valence-corrected chi connectivity index (χ1v) is 10.1. The van der Waals surface area contributed by atoms with Crippen LogP contribution in [0.3, 0.4) is 0 Å². The van der Waals surface area contributed by atoms with E-state index < -0.39 is 10.0 Å². The summed E-state index contributed by atoms with van der Waals surface area (Å²) in [7, 11) is -2.26. The molecule has 8 heteroatoms. The Morgan fingerprint density at radius 3 is 2.56 bits per heavy atom. The molecule has 0 radical (unpaired) electrons. The van der Waals surface area contributed by atoms with Crippen LogP contribution in [-0.2, 0) is 19.6 Å². The molecule has 1 aliphatic heterocycles. The van der Waals surface area contributed by atoms with Crippen molar-refractivity contribution in [1.29, 1.82) is 0 Å². The number of hydrogen-bond acceptors (Lipinski definition) is 5. The number of amides is 1. The molecule has 144 valence electrons. The van der Waals surface area contributed by atoms with E-state index in [1.54, 1.807) is 17.0 Å². The predicted molar refractivity (Wildman–Crippen MR) is 99.9 cm³/mol. The van der Waals surface area contributed by atoms with Crippen molar-refractivity contribution in [2.45, 2.75) is 11.0 Å². The summed E-state index contributed by atoms with van der Waals surface area (Å²) in [4.78, 5) is 14.2. The number of nitrogens with one attached hydrogen (secondary N) is 1. The standard InChI is InChI=1S/C19H22N2O5S/c1-25-16-7-9-17(10-8-16)27(23,24)20-13-19(22)21-11-12-26-18(14-21)15-5-3-2-4-6-15/h2-10,18,20H,11-14H2,1H3/t18-/m1/s1. The Morgan fingerprint density at radius 1 is 1.19 bits per heavy atom. The van der Waals surface area contributed by atoms with Crippen LogP contribution in [0.4, 0.5) is 0 Å². The highest BCUT2D eigenvalue weighted by atomic mass is 32.2. The lowest BCUT2D eigenvalue weighted by atomic mass is 10.1. The smallest absolute Gasteiger partial charge is 0.241 e. The molecule has 0 aromatic heterocycles. The van der Waals surface area contributed by atoms with Gasteiger partial charge in [-0.2, -0.15) is 0 Å². The maximum absolute atomic E-state index is 12.5. The van der Waals surface area contributed by atoms with E-state index >= 15 is 0 Å². The highest BCUT2D eigenvalue weighted by Crippen LogP contribution is 2.22. The van der Waals surface area contributed by atoms with Gasteiger partial charge in [-0.05, 0) is 29.8 Å². The van der Waals surface area contributed by atoms with Crippen LogP contribution in [0.1, 0.15) is 11.7 Å². The van der Waals surface area contributed by atoms with E-state index in [-0.39, 0.29) is 23.5 Å². The minimum atomic E-state index is -3.77. The molecule has 1 N–H and O–H groups in total. The van der Waals surface area contributed by atoms with E-state index in [1.807, 2.05) is 30.3 Å². The Kier molecular flexibility index (Phi) is 6.10. The van der Waals surface area contributed by atoms with Gasteiger partial charge in [0.1, 0.15) is 11.9 Å². The van der Waals surface area contributed by atoms with Gasteiger partial charge in [0.25, 0.3) is 0 Å². The first-order chi connectivity index (χ1) is 13.0. The monoisotopic (exact) mass is 390 g/mol. The third kappa shape index (κ3) is 4.85. The molecule has 1 aliphatic rings. The number of benzene rings is 2. The van der Waals surface area contributed by atoms with E-state index in [0.717, 1.165) is 5.56 Å². The Bertz CT molecular complexity index is 869. The molecule has 27 heavy (non-hydrogen) atoms. The van der Waals surface area contributed by atoms with Crippen LogP contribution in [0.2, 0.25) is 0 Å². The van der Waals surface area contributed by atoms with Gasteiger partial charge in [0.05, 0.1) is 31.7 Å². The summed E-state index contributed by atoms with van der Waals surface area (Å²) in [5.74, 6) is 0.279. The number of sulfonamides is 1. The molecule has 0 unspecified atom stereocenters. The number of hydrogen-bond donors (Lipinski definition) is 1. The fourth-order valence-electron chi connectivity index (χ4n) is 2.85. The van der Waals surface area contributed by atoms with Gasteiger partial charge in [-0.15, -0.1) is 0 Å². The molecule has 1 amide bonds. The number of carbonyl (C=O) groups is 1. The molecule has 1 saturated heterocycles. The van der Waals surface area contributed by atoms with Gasteiger partial charge >= 0.3 is 0 Å². The van der Waals surface area contributed by atoms with Gasteiger partial charge in [-0.3, -0.25) is 4.79 Å². The molecule has 0 spiro atoms. The number of methoxy groups -OCH3 is 1. The van der Waals surface area contributed by atoms with Gasteiger partial charge in [-0.1, -0.05) is 30.3 Å². The first kappa shape index (κ1) is 19.3. The zero-order chi connectivity index (χ0) is 19.3. The second-order valence-electron chi connectivity index (χ2n) is 6.11. The molecule has 3 rings (SSSR count). The van der Waals surface area contributed by atoms with Crippen molar-refractivity contribution in [2.75, 3.05) is 33.4 Å². The lowest BCUT2D eigenvalue weighted by Crippen LogP contribution is -2.46. The predicted octanol–water partition coefficient (Wildman–Crippen LogP) is 1.57. The molecule has 7 nitrogen and oxygen atoms in total. The maximum atomic E-state index is 12.5. The van der Waals surface area contributed by atoms with Crippen molar-refractivity contribution >= 4 is 15.9 Å². The van der Waals surface area contributed by atoms with Gasteiger partial charge in [0, 0.05) is 6.54 Å². The van der Waals surface area contributed by atoms with E-state index in [2.05, 4.69) is 4.72 Å². The average Bonchev–Trinajstić information content (AvgIpc) is 2.73. The normalized spacial score (nSPS) is 17.5. The second kappa shape index (κ2) is 8.51. The fraction of sp³-hybridized carbons (Fsp3) is 0.316. The highest BCUT2D eigenvalue weighted by molar-refractivity contribution is 7.89. The van der Waals surface area contributed by atoms with Crippen molar-refractivity contribution in [2.24, 2.45) is 0 Å². The lowest BCUT2D eigenvalue weighted by molar-refractivity contribution is -0.137. The second-order valence-corrected chi connectivity index (χ2v) is 7.88. The molecular formula is C19H22N2O5S. The van der Waals surface area contributed by atoms with Crippen LogP contribution < -0.4 is 9.46 Å². The molecule has 2 aromatic carbocycles. The Hall–Kier alpha value is -2.42. The summed E-state index contributed by atoms with van der Waals surface area (Å²) in [6, 6.07) is 15.6. The zero-order valence-corrected chi connectivity index (χ0v) is 15.8. The SMILES string of the molecule is COc1ccc(S(=O)(=O)NCC(=O)N2CCO[C@@H](c3ccccc3)C2)cc1. The Labute approximate surface area is 158 Å². The number of rotatable bonds is 6. The van der Waals surface area contributed by atoms with Crippen molar-refractivity contribution in [3.05, 3.63) is 60.2 Å². The minimum Gasteiger partial charge on any atom is -0.497 e. The van der Waals surface area contributed by atoms with Crippen LogP contribution in [-0.4, -0.2) is 52.6 Å². The molecule has 0 aliphatic carbocycles. The maximum Gasteiger partial charge on any atom is 0.241 e.